The van der Waals surface area contributed by atoms with E-state index in [4.69, 9.17) is 4.42 Å². The van der Waals surface area contributed by atoms with Gasteiger partial charge in [-0.3, -0.25) is 9.69 Å². The molecule has 2 aliphatic rings. The molecule has 28 heavy (non-hydrogen) atoms. The molecule has 1 saturated carbocycles. The van der Waals surface area contributed by atoms with Gasteiger partial charge >= 0.3 is 6.18 Å². The predicted octanol–water partition coefficient (Wildman–Crippen LogP) is 4.36. The van der Waals surface area contributed by atoms with Crippen LogP contribution in [0.25, 0.3) is 0 Å². The van der Waals surface area contributed by atoms with Crippen LogP contribution >= 0.6 is 0 Å². The molecule has 3 atom stereocenters. The van der Waals surface area contributed by atoms with Gasteiger partial charge in [0.25, 0.3) is 0 Å². The number of alkyl halides is 3. The summed E-state index contributed by atoms with van der Waals surface area (Å²) in [6.45, 7) is 2.30. The fourth-order valence-corrected chi connectivity index (χ4v) is 4.18. The Bertz CT molecular complexity index is 813. The zero-order chi connectivity index (χ0) is 19.7. The van der Waals surface area contributed by atoms with Gasteiger partial charge in [0.05, 0.1) is 17.9 Å². The van der Waals surface area contributed by atoms with Crippen LogP contribution in [0.1, 0.15) is 48.1 Å². The van der Waals surface area contributed by atoms with Crippen molar-refractivity contribution in [2.75, 3.05) is 19.6 Å². The quantitative estimate of drug-likeness (QED) is 0.795. The molecule has 1 amide bonds. The van der Waals surface area contributed by atoms with Crippen LogP contribution in [0.3, 0.4) is 0 Å². The summed E-state index contributed by atoms with van der Waals surface area (Å²) in [5.74, 6) is -0.152. The molecule has 1 N–H and O–H groups in total. The largest absolute Gasteiger partial charge is 0.468 e. The number of hydrogen-bond donors (Lipinski definition) is 1. The maximum Gasteiger partial charge on any atom is 0.416 e. The highest BCUT2D eigenvalue weighted by Gasteiger charge is 2.47. The van der Waals surface area contributed by atoms with E-state index >= 15 is 0 Å². The lowest BCUT2D eigenvalue weighted by molar-refractivity contribution is -0.138. The molecule has 150 valence electrons. The van der Waals surface area contributed by atoms with Crippen molar-refractivity contribution < 1.29 is 22.4 Å². The van der Waals surface area contributed by atoms with Crippen molar-refractivity contribution >= 4 is 5.91 Å². The number of carbonyl (C=O) groups excluding carboxylic acids is 1. The summed E-state index contributed by atoms with van der Waals surface area (Å²) < 4.78 is 45.2. The summed E-state index contributed by atoms with van der Waals surface area (Å²) in [7, 11) is 0. The molecule has 3 unspecified atom stereocenters. The number of hydrogen-bond acceptors (Lipinski definition) is 3. The molecule has 1 aliphatic heterocycles. The van der Waals surface area contributed by atoms with Crippen molar-refractivity contribution in [3.05, 3.63) is 59.5 Å². The molecule has 4 rings (SSSR count). The van der Waals surface area contributed by atoms with Crippen molar-refractivity contribution in [1.82, 2.24) is 10.2 Å². The van der Waals surface area contributed by atoms with Gasteiger partial charge in [-0.25, -0.2) is 0 Å². The average Bonchev–Trinajstić information content (AvgIpc) is 3.05. The van der Waals surface area contributed by atoms with E-state index in [0.717, 1.165) is 37.8 Å². The molecule has 2 heterocycles. The summed E-state index contributed by atoms with van der Waals surface area (Å²) >= 11 is 0. The second-order valence-electron chi connectivity index (χ2n) is 7.55. The van der Waals surface area contributed by atoms with Crippen LogP contribution in [0.5, 0.6) is 0 Å². The number of carbonyl (C=O) groups is 1. The van der Waals surface area contributed by atoms with Gasteiger partial charge in [-0.1, -0.05) is 18.2 Å². The number of halogens is 3. The summed E-state index contributed by atoms with van der Waals surface area (Å²) in [6, 6.07) is 9.23. The van der Waals surface area contributed by atoms with Crippen LogP contribution in [0.4, 0.5) is 13.2 Å². The van der Waals surface area contributed by atoms with Crippen LogP contribution < -0.4 is 5.32 Å². The van der Waals surface area contributed by atoms with E-state index in [1.165, 1.54) is 12.1 Å². The minimum atomic E-state index is -4.40. The van der Waals surface area contributed by atoms with Gasteiger partial charge in [0.1, 0.15) is 5.76 Å². The lowest BCUT2D eigenvalue weighted by atomic mass is 10.0. The molecule has 0 bridgehead atoms. The minimum Gasteiger partial charge on any atom is -0.468 e. The third kappa shape index (κ3) is 3.94. The zero-order valence-corrected chi connectivity index (χ0v) is 15.4. The first-order valence-corrected chi connectivity index (χ1v) is 9.66. The molecule has 7 heteroatoms. The fourth-order valence-electron chi connectivity index (χ4n) is 4.18. The number of furan rings is 1. The maximum absolute atomic E-state index is 13.2. The van der Waals surface area contributed by atoms with E-state index in [1.807, 2.05) is 12.1 Å². The zero-order valence-electron chi connectivity index (χ0n) is 15.4. The summed E-state index contributed by atoms with van der Waals surface area (Å²) in [5, 5.41) is 2.95. The van der Waals surface area contributed by atoms with Gasteiger partial charge in [-0.15, -0.1) is 0 Å². The minimum absolute atomic E-state index is 0.0406. The Kier molecular flexibility index (Phi) is 5.19. The van der Waals surface area contributed by atoms with Crippen LogP contribution in [0.15, 0.2) is 47.1 Å². The van der Waals surface area contributed by atoms with E-state index in [-0.39, 0.29) is 23.4 Å². The lowest BCUT2D eigenvalue weighted by Crippen LogP contribution is -2.37. The fraction of sp³-hybridized carbons (Fsp3) is 0.476. The van der Waals surface area contributed by atoms with E-state index in [0.29, 0.717) is 13.0 Å². The van der Waals surface area contributed by atoms with Gasteiger partial charge in [0.15, 0.2) is 0 Å². The Morgan fingerprint density at radius 3 is 2.61 bits per heavy atom. The molecule has 1 aliphatic carbocycles. The molecule has 0 spiro atoms. The Labute approximate surface area is 161 Å². The third-order valence-corrected chi connectivity index (χ3v) is 5.72. The molecule has 2 fully saturated rings. The molecule has 1 saturated heterocycles. The number of nitrogens with zero attached hydrogens (tertiary/aromatic N) is 1. The number of nitrogens with one attached hydrogen (secondary N) is 1. The normalized spacial score (nSPS) is 23.5. The highest BCUT2D eigenvalue weighted by atomic mass is 19.4. The third-order valence-electron chi connectivity index (χ3n) is 5.72. The molecule has 4 nitrogen and oxygen atoms in total. The first-order valence-electron chi connectivity index (χ1n) is 9.66. The van der Waals surface area contributed by atoms with E-state index < -0.39 is 17.7 Å². The summed E-state index contributed by atoms with van der Waals surface area (Å²) in [5.41, 5.74) is -0.418. The molecule has 1 aromatic heterocycles. The van der Waals surface area contributed by atoms with Gasteiger partial charge < -0.3 is 9.73 Å². The Hall–Kier alpha value is -2.28. The molecule has 1 aromatic carbocycles. The van der Waals surface area contributed by atoms with Crippen molar-refractivity contribution in [3.8, 4) is 0 Å². The monoisotopic (exact) mass is 392 g/mol. The standard InChI is InChI=1S/C21H23F3N2O2/c22-21(23,24)17-7-2-1-6-14(17)15-12-16(15)20(27)25-13-18(19-8-5-11-28-19)26-9-3-4-10-26/h1-2,5-8,11,15-16,18H,3-4,9-10,12-13H2,(H,25,27). The van der Waals surface area contributed by atoms with Gasteiger partial charge in [-0.2, -0.15) is 13.2 Å². The second kappa shape index (κ2) is 7.62. The molecular formula is C21H23F3N2O2. The molecule has 2 aromatic rings. The first kappa shape index (κ1) is 19.1. The van der Waals surface area contributed by atoms with Crippen LogP contribution in [0, 0.1) is 5.92 Å². The van der Waals surface area contributed by atoms with Gasteiger partial charge in [-0.05, 0) is 62.0 Å². The average molecular weight is 392 g/mol. The Morgan fingerprint density at radius 1 is 1.18 bits per heavy atom. The number of benzene rings is 1. The van der Waals surface area contributed by atoms with Crippen molar-refractivity contribution in [2.45, 2.75) is 37.4 Å². The van der Waals surface area contributed by atoms with Crippen molar-refractivity contribution in [1.29, 1.82) is 0 Å². The summed E-state index contributed by atoms with van der Waals surface area (Å²) in [6.07, 6.45) is -0.103. The smallest absolute Gasteiger partial charge is 0.416 e. The van der Waals surface area contributed by atoms with Crippen LogP contribution in [0.2, 0.25) is 0 Å². The Balaban J connectivity index is 1.40. The molecular weight excluding hydrogens is 369 g/mol. The second-order valence-corrected chi connectivity index (χ2v) is 7.55. The topological polar surface area (TPSA) is 45.5 Å². The van der Waals surface area contributed by atoms with E-state index in [9.17, 15) is 18.0 Å². The van der Waals surface area contributed by atoms with E-state index in [1.54, 1.807) is 12.3 Å². The van der Waals surface area contributed by atoms with Crippen LogP contribution in [-0.4, -0.2) is 30.4 Å². The maximum atomic E-state index is 13.2. The van der Waals surface area contributed by atoms with Crippen molar-refractivity contribution in [2.24, 2.45) is 5.92 Å². The highest BCUT2D eigenvalue weighted by Crippen LogP contribution is 2.51. The number of rotatable bonds is 6. The van der Waals surface area contributed by atoms with Crippen LogP contribution in [-0.2, 0) is 11.0 Å². The van der Waals surface area contributed by atoms with Crippen molar-refractivity contribution in [3.63, 3.8) is 0 Å². The lowest BCUT2D eigenvalue weighted by Gasteiger charge is -2.26. The van der Waals surface area contributed by atoms with Gasteiger partial charge in [0, 0.05) is 12.5 Å². The van der Waals surface area contributed by atoms with Gasteiger partial charge in [0.2, 0.25) is 5.91 Å². The number of amides is 1. The van der Waals surface area contributed by atoms with E-state index in [2.05, 4.69) is 10.2 Å². The summed E-state index contributed by atoms with van der Waals surface area (Å²) in [4.78, 5) is 14.9. The first-order chi connectivity index (χ1) is 13.4. The highest BCUT2D eigenvalue weighted by molar-refractivity contribution is 5.83. The Morgan fingerprint density at radius 2 is 1.93 bits per heavy atom. The molecule has 0 radical (unpaired) electrons. The SMILES string of the molecule is O=C(NCC(c1ccco1)N1CCCC1)C1CC1c1ccccc1C(F)(F)F. The number of likely N-dealkylation sites (tertiary alicyclic amines) is 1. The predicted molar refractivity (Wildman–Crippen MR) is 97.6 cm³/mol.